The van der Waals surface area contributed by atoms with E-state index in [9.17, 15) is 14.4 Å². The number of methoxy groups -OCH3 is 2. The second kappa shape index (κ2) is 9.70. The van der Waals surface area contributed by atoms with Crippen molar-refractivity contribution in [2.24, 2.45) is 0 Å². The van der Waals surface area contributed by atoms with E-state index in [0.717, 1.165) is 24.2 Å². The van der Waals surface area contributed by atoms with Crippen LogP contribution in [0.25, 0.3) is 11.2 Å². The summed E-state index contributed by atoms with van der Waals surface area (Å²) in [6.07, 6.45) is -5.25. The zero-order chi connectivity index (χ0) is 25.3. The van der Waals surface area contributed by atoms with Crippen molar-refractivity contribution in [2.45, 2.75) is 44.5 Å². The lowest BCUT2D eigenvalue weighted by atomic mass is 10.1. The molecule has 0 bridgehead atoms. The lowest BCUT2D eigenvalue weighted by Crippen LogP contribution is -2.37. The van der Waals surface area contributed by atoms with Crippen LogP contribution >= 0.6 is 0 Å². The number of aromatic nitrogens is 4. The van der Waals surface area contributed by atoms with Gasteiger partial charge in [-0.3, -0.25) is 14.2 Å². The van der Waals surface area contributed by atoms with Crippen LogP contribution in [0, 0.1) is 0 Å². The summed E-state index contributed by atoms with van der Waals surface area (Å²) < 4.78 is 38.5. The highest BCUT2D eigenvalue weighted by Gasteiger charge is 2.50. The number of rotatable bonds is 7. The molecule has 0 radical (unpaired) electrons. The lowest BCUT2D eigenvalue weighted by molar-refractivity contribution is -0.154. The smallest absolute Gasteiger partial charge is 0.332 e. The van der Waals surface area contributed by atoms with Crippen molar-refractivity contribution in [1.82, 2.24) is 19.1 Å². The molecule has 1 saturated heterocycles. The Kier molecular flexibility index (Phi) is 6.69. The summed E-state index contributed by atoms with van der Waals surface area (Å²) in [4.78, 5) is 45.3. The number of benzene rings is 1. The first-order chi connectivity index (χ1) is 16.7. The van der Waals surface area contributed by atoms with Gasteiger partial charge in [-0.15, -0.1) is 0 Å². The zero-order valence-electron chi connectivity index (χ0n) is 19.2. The molecule has 2 aromatic heterocycles. The summed E-state index contributed by atoms with van der Waals surface area (Å²) in [6.45, 7) is 1.20. The van der Waals surface area contributed by atoms with Crippen molar-refractivity contribution in [1.29, 1.82) is 0 Å². The van der Waals surface area contributed by atoms with E-state index in [0.29, 0.717) is 11.3 Å². The fourth-order valence-corrected chi connectivity index (χ4v) is 4.04. The monoisotopic (exact) mass is 489 g/mol. The Labute approximate surface area is 198 Å². The van der Waals surface area contributed by atoms with Crippen LogP contribution in [0.4, 0.5) is 10.3 Å². The number of esters is 2. The van der Waals surface area contributed by atoms with Gasteiger partial charge in [-0.25, -0.2) is 18.7 Å². The molecule has 1 aliphatic rings. The summed E-state index contributed by atoms with van der Waals surface area (Å²) in [5.41, 5.74) is 6.23. The van der Waals surface area contributed by atoms with Crippen molar-refractivity contribution in [3.8, 4) is 5.75 Å². The molecule has 4 atom stereocenters. The van der Waals surface area contributed by atoms with Gasteiger partial charge >= 0.3 is 17.6 Å². The number of nitrogens with two attached hydrogens (primary N) is 1. The molecule has 1 fully saturated rings. The van der Waals surface area contributed by atoms with E-state index in [1.807, 2.05) is 0 Å². The molecule has 3 aromatic rings. The van der Waals surface area contributed by atoms with Gasteiger partial charge < -0.3 is 24.7 Å². The highest BCUT2D eigenvalue weighted by Crippen LogP contribution is 2.36. The Balaban J connectivity index is 1.83. The largest absolute Gasteiger partial charge is 0.497 e. The van der Waals surface area contributed by atoms with Crippen LogP contribution in [0.2, 0.25) is 0 Å². The van der Waals surface area contributed by atoms with Gasteiger partial charge in [-0.05, 0) is 17.7 Å². The van der Waals surface area contributed by atoms with Crippen molar-refractivity contribution in [3.05, 3.63) is 46.5 Å². The molecule has 1 aliphatic heterocycles. The highest BCUT2D eigenvalue weighted by atomic mass is 19.1. The number of carbonyl (C=O) groups excluding carboxylic acids is 2. The summed E-state index contributed by atoms with van der Waals surface area (Å²) in [5.74, 6) is -1.04. The predicted molar refractivity (Wildman–Crippen MR) is 119 cm³/mol. The molecule has 0 saturated carbocycles. The van der Waals surface area contributed by atoms with Gasteiger partial charge in [0.25, 0.3) is 0 Å². The van der Waals surface area contributed by atoms with Crippen LogP contribution in [-0.2, 0) is 30.3 Å². The molecule has 2 N–H and O–H groups in total. The van der Waals surface area contributed by atoms with Gasteiger partial charge in [-0.2, -0.15) is 4.98 Å². The predicted octanol–water partition coefficient (Wildman–Crippen LogP) is 0.962. The number of hydrogen-bond donors (Lipinski definition) is 1. The first-order valence-corrected chi connectivity index (χ1v) is 10.6. The number of anilines is 1. The van der Waals surface area contributed by atoms with E-state index in [1.165, 1.54) is 17.9 Å². The van der Waals surface area contributed by atoms with Crippen molar-refractivity contribution in [3.63, 3.8) is 0 Å². The molecule has 186 valence electrons. The van der Waals surface area contributed by atoms with E-state index >= 15 is 4.39 Å². The normalized spacial score (nSPS) is 21.7. The Morgan fingerprint density at radius 2 is 2.06 bits per heavy atom. The van der Waals surface area contributed by atoms with Gasteiger partial charge in [-0.1, -0.05) is 12.1 Å². The van der Waals surface area contributed by atoms with Crippen LogP contribution in [0.1, 0.15) is 25.1 Å². The minimum Gasteiger partial charge on any atom is -0.497 e. The van der Waals surface area contributed by atoms with E-state index < -0.39 is 48.7 Å². The van der Waals surface area contributed by atoms with Gasteiger partial charge in [0.05, 0.1) is 33.4 Å². The third kappa shape index (κ3) is 4.67. The Bertz CT molecular complexity index is 1320. The molecular weight excluding hydrogens is 465 g/mol. The molecule has 0 spiro atoms. The van der Waals surface area contributed by atoms with E-state index in [1.54, 1.807) is 24.3 Å². The molecule has 3 heterocycles. The number of halogens is 1. The highest BCUT2D eigenvalue weighted by molar-refractivity contribution is 5.72. The second-order valence-corrected chi connectivity index (χ2v) is 7.89. The molecule has 12 nitrogen and oxygen atoms in total. The van der Waals surface area contributed by atoms with Gasteiger partial charge in [0, 0.05) is 6.92 Å². The summed E-state index contributed by atoms with van der Waals surface area (Å²) in [5, 5.41) is 0. The molecule has 0 amide bonds. The van der Waals surface area contributed by atoms with Gasteiger partial charge in [0.2, 0.25) is 5.95 Å². The van der Waals surface area contributed by atoms with Crippen molar-refractivity contribution < 1.29 is 32.9 Å². The number of fused-ring (bicyclic) bond motifs is 1. The maximum absolute atomic E-state index is 15.3. The van der Waals surface area contributed by atoms with Crippen LogP contribution in [0.3, 0.4) is 0 Å². The van der Waals surface area contributed by atoms with Crippen LogP contribution in [0.15, 0.2) is 35.3 Å². The minimum absolute atomic E-state index is 0.0541. The lowest BCUT2D eigenvalue weighted by Gasteiger charge is -2.19. The average Bonchev–Trinajstić information content (AvgIpc) is 3.26. The number of alkyl halides is 1. The summed E-state index contributed by atoms with van der Waals surface area (Å²) in [7, 11) is 2.68. The minimum atomic E-state index is -1.91. The molecule has 13 heteroatoms. The maximum Gasteiger partial charge on any atom is 0.332 e. The van der Waals surface area contributed by atoms with E-state index in [2.05, 4.69) is 14.7 Å². The number of imidazole rings is 1. The number of ether oxygens (including phenoxy) is 4. The van der Waals surface area contributed by atoms with Crippen molar-refractivity contribution >= 4 is 29.1 Å². The Hall–Kier alpha value is -4.00. The molecule has 0 aliphatic carbocycles. The zero-order valence-corrected chi connectivity index (χ0v) is 19.2. The first-order valence-electron chi connectivity index (χ1n) is 10.6. The Morgan fingerprint density at radius 3 is 2.74 bits per heavy atom. The quantitative estimate of drug-likeness (QED) is 0.476. The average molecular weight is 489 g/mol. The molecular formula is C22H24FN5O7. The third-order valence-electron chi connectivity index (χ3n) is 5.62. The van der Waals surface area contributed by atoms with Gasteiger partial charge in [0.15, 0.2) is 24.2 Å². The summed E-state index contributed by atoms with van der Waals surface area (Å²) in [6, 6.07) is 7.09. The molecule has 35 heavy (non-hydrogen) atoms. The van der Waals surface area contributed by atoms with E-state index in [4.69, 9.17) is 19.9 Å². The SMILES string of the molecule is COC(=O)C[C@H]1O[C@@H](n2c(=O)n(Cc3cccc(OC)c3)c3cnc(N)nc32)[C@H](OC(C)=O)[C@@H]1F. The number of carbonyl (C=O) groups is 2. The first kappa shape index (κ1) is 24.1. The Morgan fingerprint density at radius 1 is 1.29 bits per heavy atom. The second-order valence-electron chi connectivity index (χ2n) is 7.89. The van der Waals surface area contributed by atoms with Crippen LogP contribution < -0.4 is 16.2 Å². The standard InChI is InChI=1S/C22H24FN5O7/c1-11(29)34-18-17(23)15(8-16(30)33-3)35-20(18)28-19-14(9-25-21(24)26-19)27(22(28)31)10-12-5-4-6-13(7-12)32-2/h4-7,9,15,17-18,20H,8,10H2,1-3H3,(H2,24,25,26)/t15-,17-,18-,20-/m1/s1. The molecule has 1 aromatic carbocycles. The number of hydrogen-bond acceptors (Lipinski definition) is 10. The van der Waals surface area contributed by atoms with Gasteiger partial charge in [0.1, 0.15) is 17.4 Å². The third-order valence-corrected chi connectivity index (χ3v) is 5.62. The molecule has 0 unspecified atom stereocenters. The fourth-order valence-electron chi connectivity index (χ4n) is 4.04. The molecule has 4 rings (SSSR count). The number of nitrogen functional groups attached to an aromatic ring is 1. The maximum atomic E-state index is 15.3. The summed E-state index contributed by atoms with van der Waals surface area (Å²) >= 11 is 0. The fraction of sp³-hybridized carbons (Fsp3) is 0.409. The number of nitrogens with zero attached hydrogens (tertiary/aromatic N) is 4. The van der Waals surface area contributed by atoms with Crippen molar-refractivity contribution in [2.75, 3.05) is 20.0 Å². The van der Waals surface area contributed by atoms with Crippen LogP contribution in [-0.4, -0.2) is 63.6 Å². The van der Waals surface area contributed by atoms with Crippen LogP contribution in [0.5, 0.6) is 5.75 Å². The van der Waals surface area contributed by atoms with E-state index in [-0.39, 0.29) is 18.1 Å². The topological polar surface area (TPSA) is 150 Å².